The summed E-state index contributed by atoms with van der Waals surface area (Å²) in [5.74, 6) is -0.0455. The summed E-state index contributed by atoms with van der Waals surface area (Å²) in [6.07, 6.45) is 0. The third kappa shape index (κ3) is 3.84. The van der Waals surface area contributed by atoms with E-state index in [2.05, 4.69) is 53.1 Å². The zero-order chi connectivity index (χ0) is 11.6. The van der Waals surface area contributed by atoms with Gasteiger partial charge in [0.15, 0.2) is 0 Å². The van der Waals surface area contributed by atoms with E-state index in [0.717, 1.165) is 13.6 Å². The van der Waals surface area contributed by atoms with Crippen molar-refractivity contribution in [2.24, 2.45) is 0 Å². The Morgan fingerprint density at radius 2 is 2.13 bits per heavy atom. The quantitative estimate of drug-likeness (QED) is 0.732. The van der Waals surface area contributed by atoms with Crippen LogP contribution in [0.25, 0.3) is 0 Å². The van der Waals surface area contributed by atoms with Gasteiger partial charge in [-0.15, -0.1) is 11.3 Å². The summed E-state index contributed by atoms with van der Waals surface area (Å²) in [6, 6.07) is 1.81. The number of thiophene rings is 1. The summed E-state index contributed by atoms with van der Waals surface area (Å²) in [5, 5.41) is 3.67. The van der Waals surface area contributed by atoms with Gasteiger partial charge in [0.05, 0.1) is 8.66 Å². The van der Waals surface area contributed by atoms with Crippen molar-refractivity contribution < 1.29 is 4.79 Å². The second-order valence-corrected chi connectivity index (χ2v) is 7.49. The summed E-state index contributed by atoms with van der Waals surface area (Å²) in [5.41, 5.74) is -0.236. The molecule has 6 heteroatoms. The van der Waals surface area contributed by atoms with Crippen molar-refractivity contribution >= 4 is 65.0 Å². The molecule has 15 heavy (non-hydrogen) atoms. The first-order valence-corrected chi connectivity index (χ1v) is 7.71. The normalized spacial score (nSPS) is 11.5. The van der Waals surface area contributed by atoms with Crippen LogP contribution in [0.2, 0.25) is 0 Å². The Morgan fingerprint density at radius 1 is 1.53 bits per heavy atom. The Balaban J connectivity index is 2.78. The molecule has 0 spiro atoms. The Kier molecular flexibility index (Phi) is 4.83. The van der Waals surface area contributed by atoms with Crippen molar-refractivity contribution in [2.45, 2.75) is 19.4 Å². The molecule has 0 aromatic carbocycles. The zero-order valence-corrected chi connectivity index (χ0v) is 13.8. The molecule has 1 aromatic heterocycles. The third-order valence-electron chi connectivity index (χ3n) is 1.65. The van der Waals surface area contributed by atoms with E-state index >= 15 is 0 Å². The highest BCUT2D eigenvalue weighted by molar-refractivity contribution is 9.13. The summed E-state index contributed by atoms with van der Waals surface area (Å²) in [6.45, 7) is 3.94. The molecule has 2 nitrogen and oxygen atoms in total. The van der Waals surface area contributed by atoms with Crippen LogP contribution in [0.4, 0.5) is 0 Å². The van der Waals surface area contributed by atoms with Crippen LogP contribution < -0.4 is 5.32 Å². The third-order valence-corrected chi connectivity index (χ3v) is 6.31. The summed E-state index contributed by atoms with van der Waals surface area (Å²) in [7, 11) is 0. The molecule has 84 valence electrons. The number of nitrogens with one attached hydrogen (secondary N) is 1. The van der Waals surface area contributed by atoms with Gasteiger partial charge in [-0.1, -0.05) is 15.9 Å². The second kappa shape index (κ2) is 5.29. The molecule has 0 aliphatic carbocycles. The fourth-order valence-electron chi connectivity index (χ4n) is 0.861. The van der Waals surface area contributed by atoms with E-state index in [-0.39, 0.29) is 11.4 Å². The van der Waals surface area contributed by atoms with Crippen molar-refractivity contribution in [1.29, 1.82) is 0 Å². The molecule has 0 aliphatic rings. The molecule has 1 amide bonds. The van der Waals surface area contributed by atoms with Gasteiger partial charge in [0.25, 0.3) is 5.91 Å². The first kappa shape index (κ1) is 13.7. The van der Waals surface area contributed by atoms with Gasteiger partial charge in [0.2, 0.25) is 0 Å². The predicted molar refractivity (Wildman–Crippen MR) is 75.1 cm³/mol. The minimum atomic E-state index is -0.236. The van der Waals surface area contributed by atoms with Crippen molar-refractivity contribution in [2.75, 3.05) is 5.33 Å². The van der Waals surface area contributed by atoms with E-state index in [9.17, 15) is 4.79 Å². The van der Waals surface area contributed by atoms with Crippen molar-refractivity contribution in [1.82, 2.24) is 5.32 Å². The molecule has 0 unspecified atom stereocenters. The van der Waals surface area contributed by atoms with E-state index in [4.69, 9.17) is 0 Å². The number of carbonyl (C=O) groups excluding carboxylic acids is 1. The molecule has 1 rings (SSSR count). The topological polar surface area (TPSA) is 29.1 Å². The van der Waals surface area contributed by atoms with Crippen LogP contribution >= 0.6 is 59.1 Å². The standard InChI is InChI=1S/C9H10Br3NOS/c1-9(2,4-10)13-8(14)6-3-5(11)7(12)15-6/h3H,4H2,1-2H3,(H,13,14). The lowest BCUT2D eigenvalue weighted by molar-refractivity contribution is 0.0925. The molecule has 0 bridgehead atoms. The summed E-state index contributed by atoms with van der Waals surface area (Å²) < 4.78 is 1.85. The second-order valence-electron chi connectivity index (χ2n) is 3.70. The van der Waals surface area contributed by atoms with Crippen LogP contribution in [0.5, 0.6) is 0 Å². The number of amides is 1. The monoisotopic (exact) mass is 417 g/mol. The first-order valence-electron chi connectivity index (χ1n) is 4.19. The maximum Gasteiger partial charge on any atom is 0.261 e. The Hall–Kier alpha value is 0.610. The molecule has 1 aromatic rings. The van der Waals surface area contributed by atoms with Crippen LogP contribution in [0.15, 0.2) is 14.3 Å². The zero-order valence-electron chi connectivity index (χ0n) is 8.23. The number of carbonyl (C=O) groups is 1. The molecule has 0 radical (unpaired) electrons. The molecule has 0 saturated carbocycles. The molecule has 1 N–H and O–H groups in total. The van der Waals surface area contributed by atoms with Crippen LogP contribution in [0.1, 0.15) is 23.5 Å². The smallest absolute Gasteiger partial charge is 0.261 e. The molecule has 0 aliphatic heterocycles. The molecular formula is C9H10Br3NOS. The molecule has 1 heterocycles. The number of hydrogen-bond acceptors (Lipinski definition) is 2. The van der Waals surface area contributed by atoms with E-state index in [0.29, 0.717) is 4.88 Å². The van der Waals surface area contributed by atoms with Crippen molar-refractivity contribution in [3.63, 3.8) is 0 Å². The van der Waals surface area contributed by atoms with Gasteiger partial charge in [-0.05, 0) is 51.8 Å². The highest BCUT2D eigenvalue weighted by Gasteiger charge is 2.21. The van der Waals surface area contributed by atoms with E-state index in [1.807, 2.05) is 19.9 Å². The maximum atomic E-state index is 11.8. The number of halogens is 3. The first-order chi connectivity index (χ1) is 6.85. The Labute approximate surface area is 118 Å². The minimum absolute atomic E-state index is 0.0455. The molecular weight excluding hydrogens is 410 g/mol. The highest BCUT2D eigenvalue weighted by Crippen LogP contribution is 2.32. The van der Waals surface area contributed by atoms with Crippen molar-refractivity contribution in [3.8, 4) is 0 Å². The van der Waals surface area contributed by atoms with E-state index in [1.165, 1.54) is 11.3 Å². The van der Waals surface area contributed by atoms with Gasteiger partial charge < -0.3 is 5.32 Å². The van der Waals surface area contributed by atoms with Crippen LogP contribution in [-0.4, -0.2) is 16.8 Å². The number of alkyl halides is 1. The van der Waals surface area contributed by atoms with Crippen LogP contribution in [0.3, 0.4) is 0 Å². The Bertz CT molecular complexity index is 356. The summed E-state index contributed by atoms with van der Waals surface area (Å²) in [4.78, 5) is 12.5. The van der Waals surface area contributed by atoms with E-state index in [1.54, 1.807) is 0 Å². The largest absolute Gasteiger partial charge is 0.346 e. The van der Waals surface area contributed by atoms with Gasteiger partial charge in [-0.3, -0.25) is 4.79 Å². The lowest BCUT2D eigenvalue weighted by Gasteiger charge is -2.22. The predicted octanol–water partition coefficient (Wildman–Crippen LogP) is 4.18. The average molecular weight is 420 g/mol. The lowest BCUT2D eigenvalue weighted by atomic mass is 10.1. The lowest BCUT2D eigenvalue weighted by Crippen LogP contribution is -2.44. The fourth-order valence-corrected chi connectivity index (χ4v) is 2.93. The summed E-state index contributed by atoms with van der Waals surface area (Å²) >= 11 is 11.5. The van der Waals surface area contributed by atoms with Crippen LogP contribution in [0, 0.1) is 0 Å². The van der Waals surface area contributed by atoms with Gasteiger partial charge in [-0.25, -0.2) is 0 Å². The molecule has 0 atom stereocenters. The number of hydrogen-bond donors (Lipinski definition) is 1. The van der Waals surface area contributed by atoms with Gasteiger partial charge in [-0.2, -0.15) is 0 Å². The van der Waals surface area contributed by atoms with Gasteiger partial charge in [0, 0.05) is 15.3 Å². The minimum Gasteiger partial charge on any atom is -0.346 e. The SMILES string of the molecule is CC(C)(CBr)NC(=O)c1cc(Br)c(Br)s1. The number of rotatable bonds is 3. The van der Waals surface area contributed by atoms with E-state index < -0.39 is 0 Å². The highest BCUT2D eigenvalue weighted by atomic mass is 79.9. The molecule has 0 saturated heterocycles. The van der Waals surface area contributed by atoms with Crippen molar-refractivity contribution in [3.05, 3.63) is 19.2 Å². The van der Waals surface area contributed by atoms with Crippen LogP contribution in [-0.2, 0) is 0 Å². The maximum absolute atomic E-state index is 11.8. The fraction of sp³-hybridized carbons (Fsp3) is 0.444. The molecule has 0 fully saturated rings. The average Bonchev–Trinajstić information content (AvgIpc) is 2.47. The van der Waals surface area contributed by atoms with Gasteiger partial charge >= 0.3 is 0 Å². The van der Waals surface area contributed by atoms with Gasteiger partial charge in [0.1, 0.15) is 0 Å². The Morgan fingerprint density at radius 3 is 2.53 bits per heavy atom.